The highest BCUT2D eigenvalue weighted by molar-refractivity contribution is 5.96. The van der Waals surface area contributed by atoms with E-state index in [9.17, 15) is 18.4 Å². The standard InChI is InChI=1S/C11H10F2O3/c12-8-4-1-3-7(11(8)13)9(14)5-2-6-10(15)16/h1,3-4H,2,5-6H2,(H,15,16). The van der Waals surface area contributed by atoms with Crippen LogP contribution in [0.2, 0.25) is 0 Å². The molecule has 0 radical (unpaired) electrons. The number of hydrogen-bond donors (Lipinski definition) is 1. The first-order valence-corrected chi connectivity index (χ1v) is 4.71. The van der Waals surface area contributed by atoms with E-state index < -0.39 is 23.4 Å². The molecule has 0 heterocycles. The molecule has 0 aromatic heterocycles. The van der Waals surface area contributed by atoms with Gasteiger partial charge in [0.05, 0.1) is 5.56 Å². The highest BCUT2D eigenvalue weighted by atomic mass is 19.2. The Hall–Kier alpha value is -1.78. The molecule has 0 aliphatic carbocycles. The van der Waals surface area contributed by atoms with Gasteiger partial charge < -0.3 is 5.11 Å². The second-order valence-electron chi connectivity index (χ2n) is 3.27. The Bertz CT molecular complexity index is 416. The van der Waals surface area contributed by atoms with Gasteiger partial charge in [0.1, 0.15) is 0 Å². The van der Waals surface area contributed by atoms with E-state index in [1.54, 1.807) is 0 Å². The zero-order valence-corrected chi connectivity index (χ0v) is 8.37. The van der Waals surface area contributed by atoms with Crippen molar-refractivity contribution in [2.24, 2.45) is 0 Å². The third-order valence-corrected chi connectivity index (χ3v) is 2.05. The van der Waals surface area contributed by atoms with E-state index >= 15 is 0 Å². The lowest BCUT2D eigenvalue weighted by atomic mass is 10.0. The molecule has 0 saturated carbocycles. The van der Waals surface area contributed by atoms with E-state index in [-0.39, 0.29) is 24.8 Å². The Morgan fingerprint density at radius 2 is 1.88 bits per heavy atom. The Labute approximate surface area is 90.7 Å². The Balaban J connectivity index is 2.66. The van der Waals surface area contributed by atoms with Crippen molar-refractivity contribution in [2.45, 2.75) is 19.3 Å². The summed E-state index contributed by atoms with van der Waals surface area (Å²) in [7, 11) is 0. The molecule has 0 amide bonds. The molecule has 16 heavy (non-hydrogen) atoms. The summed E-state index contributed by atoms with van der Waals surface area (Å²) < 4.78 is 25.9. The van der Waals surface area contributed by atoms with Crippen molar-refractivity contribution in [3.05, 3.63) is 35.4 Å². The number of carboxylic acids is 1. The zero-order valence-electron chi connectivity index (χ0n) is 8.37. The molecular weight excluding hydrogens is 218 g/mol. The molecule has 0 aliphatic heterocycles. The summed E-state index contributed by atoms with van der Waals surface area (Å²) in [6.45, 7) is 0. The number of aliphatic carboxylic acids is 1. The number of carbonyl (C=O) groups is 2. The third-order valence-electron chi connectivity index (χ3n) is 2.05. The Kier molecular flexibility index (Phi) is 4.10. The van der Waals surface area contributed by atoms with Crippen molar-refractivity contribution in [2.75, 3.05) is 0 Å². The van der Waals surface area contributed by atoms with E-state index in [2.05, 4.69) is 0 Å². The van der Waals surface area contributed by atoms with Crippen LogP contribution in [0.25, 0.3) is 0 Å². The predicted octanol–water partition coefficient (Wildman–Crippen LogP) is 2.40. The first-order valence-electron chi connectivity index (χ1n) is 4.71. The van der Waals surface area contributed by atoms with Gasteiger partial charge in [-0.05, 0) is 18.6 Å². The van der Waals surface area contributed by atoms with Crippen LogP contribution in [0.5, 0.6) is 0 Å². The molecule has 5 heteroatoms. The van der Waals surface area contributed by atoms with Crippen LogP contribution in [0, 0.1) is 11.6 Å². The van der Waals surface area contributed by atoms with Crippen molar-refractivity contribution in [1.82, 2.24) is 0 Å². The summed E-state index contributed by atoms with van der Waals surface area (Å²) >= 11 is 0. The molecule has 0 fully saturated rings. The third kappa shape index (κ3) is 3.12. The highest BCUT2D eigenvalue weighted by Gasteiger charge is 2.14. The topological polar surface area (TPSA) is 54.4 Å². The van der Waals surface area contributed by atoms with Crippen LogP contribution in [-0.4, -0.2) is 16.9 Å². The van der Waals surface area contributed by atoms with Gasteiger partial charge in [0.2, 0.25) is 0 Å². The maximum absolute atomic E-state index is 13.1. The first-order chi connectivity index (χ1) is 7.52. The second-order valence-corrected chi connectivity index (χ2v) is 3.27. The van der Waals surface area contributed by atoms with Crippen molar-refractivity contribution in [1.29, 1.82) is 0 Å². The van der Waals surface area contributed by atoms with Crippen LogP contribution in [0.1, 0.15) is 29.6 Å². The largest absolute Gasteiger partial charge is 0.481 e. The molecule has 1 rings (SSSR count). The average Bonchev–Trinajstić information content (AvgIpc) is 2.21. The van der Waals surface area contributed by atoms with Crippen LogP contribution in [0.15, 0.2) is 18.2 Å². The first kappa shape index (κ1) is 12.3. The zero-order chi connectivity index (χ0) is 12.1. The molecule has 86 valence electrons. The van der Waals surface area contributed by atoms with E-state index in [4.69, 9.17) is 5.11 Å². The Morgan fingerprint density at radius 3 is 2.50 bits per heavy atom. The van der Waals surface area contributed by atoms with Gasteiger partial charge in [-0.1, -0.05) is 6.07 Å². The van der Waals surface area contributed by atoms with Crippen LogP contribution >= 0.6 is 0 Å². The molecule has 0 atom stereocenters. The van der Waals surface area contributed by atoms with E-state index in [1.165, 1.54) is 12.1 Å². The van der Waals surface area contributed by atoms with Crippen LogP contribution < -0.4 is 0 Å². The van der Waals surface area contributed by atoms with E-state index in [0.717, 1.165) is 6.07 Å². The van der Waals surface area contributed by atoms with Crippen molar-refractivity contribution >= 4 is 11.8 Å². The van der Waals surface area contributed by atoms with Crippen molar-refractivity contribution in [3.63, 3.8) is 0 Å². The Morgan fingerprint density at radius 1 is 1.19 bits per heavy atom. The van der Waals surface area contributed by atoms with Gasteiger partial charge in [0.25, 0.3) is 0 Å². The maximum atomic E-state index is 13.1. The molecule has 0 aliphatic rings. The number of carboxylic acid groups (broad SMARTS) is 1. The number of carbonyl (C=O) groups excluding carboxylic acids is 1. The van der Waals surface area contributed by atoms with Gasteiger partial charge >= 0.3 is 5.97 Å². The maximum Gasteiger partial charge on any atom is 0.303 e. The molecule has 3 nitrogen and oxygen atoms in total. The molecular formula is C11H10F2O3. The fourth-order valence-corrected chi connectivity index (χ4v) is 1.25. The summed E-state index contributed by atoms with van der Waals surface area (Å²) in [5, 5.41) is 8.35. The number of Topliss-reactive ketones (excluding diaryl/α,β-unsaturated/α-hetero) is 1. The number of halogens is 2. The van der Waals surface area contributed by atoms with Crippen LogP contribution in [0.4, 0.5) is 8.78 Å². The normalized spacial score (nSPS) is 10.1. The fourth-order valence-electron chi connectivity index (χ4n) is 1.25. The average molecular weight is 228 g/mol. The molecule has 1 N–H and O–H groups in total. The number of benzene rings is 1. The summed E-state index contributed by atoms with van der Waals surface area (Å²) in [4.78, 5) is 21.6. The predicted molar refractivity (Wildman–Crippen MR) is 52.2 cm³/mol. The molecule has 0 unspecified atom stereocenters. The SMILES string of the molecule is O=C(O)CCCC(=O)c1cccc(F)c1F. The van der Waals surface area contributed by atoms with E-state index in [1.807, 2.05) is 0 Å². The summed E-state index contributed by atoms with van der Waals surface area (Å²) in [5.74, 6) is -3.86. The van der Waals surface area contributed by atoms with Gasteiger partial charge in [-0.3, -0.25) is 9.59 Å². The molecule has 0 bridgehead atoms. The smallest absolute Gasteiger partial charge is 0.303 e. The quantitative estimate of drug-likeness (QED) is 0.787. The lowest BCUT2D eigenvalue weighted by molar-refractivity contribution is -0.137. The number of rotatable bonds is 5. The monoisotopic (exact) mass is 228 g/mol. The lowest BCUT2D eigenvalue weighted by Gasteiger charge is -2.02. The number of hydrogen-bond acceptors (Lipinski definition) is 2. The van der Waals surface area contributed by atoms with Crippen LogP contribution in [-0.2, 0) is 4.79 Å². The second kappa shape index (κ2) is 5.34. The van der Waals surface area contributed by atoms with Gasteiger partial charge in [0.15, 0.2) is 17.4 Å². The minimum atomic E-state index is -1.18. The summed E-state index contributed by atoms with van der Waals surface area (Å²) in [6, 6.07) is 3.34. The molecule has 0 spiro atoms. The minimum Gasteiger partial charge on any atom is -0.481 e. The van der Waals surface area contributed by atoms with Gasteiger partial charge in [-0.2, -0.15) is 0 Å². The van der Waals surface area contributed by atoms with E-state index in [0.29, 0.717) is 0 Å². The molecule has 0 saturated heterocycles. The van der Waals surface area contributed by atoms with Crippen molar-refractivity contribution < 1.29 is 23.5 Å². The minimum absolute atomic E-state index is 0.104. The fraction of sp³-hybridized carbons (Fsp3) is 0.273. The van der Waals surface area contributed by atoms with Crippen LogP contribution in [0.3, 0.4) is 0 Å². The number of ketones is 1. The van der Waals surface area contributed by atoms with Crippen molar-refractivity contribution in [3.8, 4) is 0 Å². The summed E-state index contributed by atoms with van der Waals surface area (Å²) in [5.41, 5.74) is -0.328. The molecule has 1 aromatic rings. The lowest BCUT2D eigenvalue weighted by Crippen LogP contribution is -2.05. The highest BCUT2D eigenvalue weighted by Crippen LogP contribution is 2.14. The van der Waals surface area contributed by atoms with Gasteiger partial charge in [0, 0.05) is 12.8 Å². The van der Waals surface area contributed by atoms with Gasteiger partial charge in [-0.25, -0.2) is 8.78 Å². The van der Waals surface area contributed by atoms with Gasteiger partial charge in [-0.15, -0.1) is 0 Å². The summed E-state index contributed by atoms with van der Waals surface area (Å²) in [6.07, 6.45) is -0.153. The molecule has 1 aromatic carbocycles.